The maximum atomic E-state index is 4.76. The second-order valence-electron chi connectivity index (χ2n) is 7.58. The third-order valence-corrected chi connectivity index (χ3v) is 5.56. The van der Waals surface area contributed by atoms with Crippen molar-refractivity contribution < 1.29 is 0 Å². The highest BCUT2D eigenvalue weighted by Crippen LogP contribution is 2.25. The van der Waals surface area contributed by atoms with E-state index in [9.17, 15) is 0 Å². The van der Waals surface area contributed by atoms with E-state index < -0.39 is 0 Å². The third kappa shape index (κ3) is 3.40. The molecule has 0 radical (unpaired) electrons. The summed E-state index contributed by atoms with van der Waals surface area (Å²) >= 11 is 0. The summed E-state index contributed by atoms with van der Waals surface area (Å²) in [6, 6.07) is 1.95. The van der Waals surface area contributed by atoms with Crippen LogP contribution in [-0.4, -0.2) is 64.9 Å². The topological polar surface area (TPSA) is 53.3 Å². The number of anilines is 2. The van der Waals surface area contributed by atoms with Crippen LogP contribution in [0.2, 0.25) is 0 Å². The zero-order valence-electron chi connectivity index (χ0n) is 16.1. The molecule has 7 heteroatoms. The quantitative estimate of drug-likeness (QED) is 0.828. The molecule has 0 atom stereocenters. The van der Waals surface area contributed by atoms with Gasteiger partial charge in [0.15, 0.2) is 0 Å². The van der Waals surface area contributed by atoms with Gasteiger partial charge >= 0.3 is 0 Å². The number of hydrogen-bond donors (Lipinski definition) is 0. The van der Waals surface area contributed by atoms with Gasteiger partial charge in [-0.25, -0.2) is 4.98 Å². The maximum absolute atomic E-state index is 4.76. The molecule has 2 aromatic heterocycles. The largest absolute Gasteiger partial charge is 0.363 e. The predicted molar refractivity (Wildman–Crippen MR) is 104 cm³/mol. The molecular weight excluding hydrogens is 326 g/mol. The molecule has 0 amide bonds. The standard InChI is InChI=1S/C19H29N7/c1-23(2)18-8-9-20-19(21-18)26-12-10-25(11-13-26)14-17-15-6-4-5-7-16(15)22-24(17)3/h8-9H,4-7,10-14H2,1-3H3. The summed E-state index contributed by atoms with van der Waals surface area (Å²) in [7, 11) is 6.13. The fourth-order valence-corrected chi connectivity index (χ4v) is 4.00. The van der Waals surface area contributed by atoms with E-state index in [0.29, 0.717) is 0 Å². The highest BCUT2D eigenvalue weighted by atomic mass is 15.3. The molecule has 2 aliphatic rings. The molecular formula is C19H29N7. The first kappa shape index (κ1) is 17.3. The van der Waals surface area contributed by atoms with Crippen molar-refractivity contribution in [2.75, 3.05) is 50.1 Å². The van der Waals surface area contributed by atoms with Gasteiger partial charge in [0.2, 0.25) is 5.95 Å². The van der Waals surface area contributed by atoms with Crippen molar-refractivity contribution in [1.29, 1.82) is 0 Å². The van der Waals surface area contributed by atoms with Gasteiger partial charge in [-0.15, -0.1) is 0 Å². The van der Waals surface area contributed by atoms with Gasteiger partial charge in [-0.05, 0) is 37.3 Å². The van der Waals surface area contributed by atoms with Crippen LogP contribution in [0.15, 0.2) is 12.3 Å². The zero-order chi connectivity index (χ0) is 18.1. The SMILES string of the molecule is CN(C)c1ccnc(N2CCN(Cc3c4c(nn3C)CCCC4)CC2)n1. The molecule has 0 unspecified atom stereocenters. The number of aryl methyl sites for hydroxylation is 2. The lowest BCUT2D eigenvalue weighted by Gasteiger charge is -2.35. The number of piperazine rings is 1. The van der Waals surface area contributed by atoms with Crippen LogP contribution in [0.25, 0.3) is 0 Å². The van der Waals surface area contributed by atoms with Gasteiger partial charge in [-0.1, -0.05) is 0 Å². The summed E-state index contributed by atoms with van der Waals surface area (Å²) in [5.74, 6) is 1.80. The van der Waals surface area contributed by atoms with E-state index in [1.807, 2.05) is 31.3 Å². The van der Waals surface area contributed by atoms with Crippen LogP contribution in [0.5, 0.6) is 0 Å². The van der Waals surface area contributed by atoms with Gasteiger partial charge in [-0.3, -0.25) is 9.58 Å². The summed E-state index contributed by atoms with van der Waals surface area (Å²) in [5.41, 5.74) is 4.27. The number of hydrogen-bond acceptors (Lipinski definition) is 6. The second-order valence-corrected chi connectivity index (χ2v) is 7.58. The van der Waals surface area contributed by atoms with Crippen molar-refractivity contribution in [3.8, 4) is 0 Å². The van der Waals surface area contributed by atoms with Crippen LogP contribution in [0.3, 0.4) is 0 Å². The first-order valence-corrected chi connectivity index (χ1v) is 9.63. The normalized spacial score (nSPS) is 18.0. The van der Waals surface area contributed by atoms with E-state index in [2.05, 4.69) is 31.5 Å². The van der Waals surface area contributed by atoms with Gasteiger partial charge in [0, 0.05) is 60.1 Å². The van der Waals surface area contributed by atoms with Gasteiger partial charge in [0.25, 0.3) is 0 Å². The predicted octanol–water partition coefficient (Wildman–Crippen LogP) is 1.48. The fourth-order valence-electron chi connectivity index (χ4n) is 4.00. The summed E-state index contributed by atoms with van der Waals surface area (Å²) in [4.78, 5) is 16.0. The number of nitrogens with zero attached hydrogens (tertiary/aromatic N) is 7. The van der Waals surface area contributed by atoms with Gasteiger partial charge in [0.05, 0.1) is 11.4 Å². The molecule has 0 aromatic carbocycles. The van der Waals surface area contributed by atoms with E-state index >= 15 is 0 Å². The molecule has 1 fully saturated rings. The van der Waals surface area contributed by atoms with Crippen LogP contribution < -0.4 is 9.80 Å². The van der Waals surface area contributed by atoms with E-state index in [1.165, 1.54) is 36.2 Å². The monoisotopic (exact) mass is 355 g/mol. The van der Waals surface area contributed by atoms with Crippen molar-refractivity contribution in [2.45, 2.75) is 32.2 Å². The minimum atomic E-state index is 0.841. The van der Waals surface area contributed by atoms with Crippen molar-refractivity contribution in [2.24, 2.45) is 7.05 Å². The lowest BCUT2D eigenvalue weighted by atomic mass is 9.95. The van der Waals surface area contributed by atoms with E-state index in [-0.39, 0.29) is 0 Å². The highest BCUT2D eigenvalue weighted by Gasteiger charge is 2.24. The Kier molecular flexibility index (Phi) is 4.80. The van der Waals surface area contributed by atoms with Crippen molar-refractivity contribution in [3.05, 3.63) is 29.2 Å². The van der Waals surface area contributed by atoms with Crippen LogP contribution in [0, 0.1) is 0 Å². The van der Waals surface area contributed by atoms with Gasteiger partial charge in [-0.2, -0.15) is 10.1 Å². The van der Waals surface area contributed by atoms with Crippen LogP contribution >= 0.6 is 0 Å². The first-order valence-electron chi connectivity index (χ1n) is 9.63. The summed E-state index contributed by atoms with van der Waals surface area (Å²) in [5, 5.41) is 4.76. The second kappa shape index (κ2) is 7.23. The highest BCUT2D eigenvalue weighted by molar-refractivity contribution is 5.42. The van der Waals surface area contributed by atoms with Crippen molar-refractivity contribution in [3.63, 3.8) is 0 Å². The Morgan fingerprint density at radius 2 is 1.85 bits per heavy atom. The van der Waals surface area contributed by atoms with E-state index in [0.717, 1.165) is 50.9 Å². The molecule has 3 heterocycles. The molecule has 2 aromatic rings. The minimum absolute atomic E-state index is 0.841. The number of rotatable bonds is 4. The molecule has 1 saturated heterocycles. The molecule has 0 N–H and O–H groups in total. The van der Waals surface area contributed by atoms with Gasteiger partial charge in [0.1, 0.15) is 5.82 Å². The molecule has 4 rings (SSSR count). The lowest BCUT2D eigenvalue weighted by molar-refractivity contribution is 0.242. The van der Waals surface area contributed by atoms with Gasteiger partial charge < -0.3 is 9.80 Å². The average Bonchev–Trinajstić information content (AvgIpc) is 2.98. The molecule has 140 valence electrons. The lowest BCUT2D eigenvalue weighted by Crippen LogP contribution is -2.46. The number of aromatic nitrogens is 4. The third-order valence-electron chi connectivity index (χ3n) is 5.56. The molecule has 7 nitrogen and oxygen atoms in total. The summed E-state index contributed by atoms with van der Waals surface area (Å²) < 4.78 is 2.12. The van der Waals surface area contributed by atoms with Crippen molar-refractivity contribution in [1.82, 2.24) is 24.6 Å². The Morgan fingerprint density at radius 1 is 1.08 bits per heavy atom. The van der Waals surface area contributed by atoms with Crippen LogP contribution in [0.1, 0.15) is 29.8 Å². The Labute approximate surface area is 155 Å². The minimum Gasteiger partial charge on any atom is -0.363 e. The molecule has 0 saturated carbocycles. The zero-order valence-corrected chi connectivity index (χ0v) is 16.1. The average molecular weight is 355 g/mol. The van der Waals surface area contributed by atoms with Crippen LogP contribution in [-0.2, 0) is 26.4 Å². The first-order chi connectivity index (χ1) is 12.6. The Hall–Kier alpha value is -2.15. The van der Waals surface area contributed by atoms with E-state index in [1.54, 1.807) is 0 Å². The summed E-state index contributed by atoms with van der Waals surface area (Å²) in [6.07, 6.45) is 6.79. The molecule has 1 aliphatic heterocycles. The molecule has 26 heavy (non-hydrogen) atoms. The van der Waals surface area contributed by atoms with E-state index in [4.69, 9.17) is 5.10 Å². The maximum Gasteiger partial charge on any atom is 0.227 e. The van der Waals surface area contributed by atoms with Crippen LogP contribution in [0.4, 0.5) is 11.8 Å². The molecule has 0 spiro atoms. The Morgan fingerprint density at radius 3 is 2.62 bits per heavy atom. The molecule has 1 aliphatic carbocycles. The Bertz CT molecular complexity index is 759. The number of fused-ring (bicyclic) bond motifs is 1. The Balaban J connectivity index is 1.40. The summed E-state index contributed by atoms with van der Waals surface area (Å²) in [6.45, 7) is 5.02. The molecule has 0 bridgehead atoms. The fraction of sp³-hybridized carbons (Fsp3) is 0.632. The smallest absolute Gasteiger partial charge is 0.227 e. The van der Waals surface area contributed by atoms with Crippen molar-refractivity contribution >= 4 is 11.8 Å².